The first-order chi connectivity index (χ1) is 11.3. The van der Waals surface area contributed by atoms with E-state index in [1.807, 2.05) is 18.2 Å². The van der Waals surface area contributed by atoms with E-state index in [4.69, 9.17) is 9.47 Å². The van der Waals surface area contributed by atoms with Crippen molar-refractivity contribution in [2.75, 3.05) is 18.7 Å². The Kier molecular flexibility index (Phi) is 4.37. The molecule has 7 heteroatoms. The Morgan fingerprint density at radius 3 is 2.83 bits per heavy atom. The van der Waals surface area contributed by atoms with Gasteiger partial charge in [-0.1, -0.05) is 12.1 Å². The Morgan fingerprint density at radius 1 is 1.26 bits per heavy atom. The second-order valence-corrected chi connectivity index (χ2v) is 4.84. The highest BCUT2D eigenvalue weighted by atomic mass is 16.7. The van der Waals surface area contributed by atoms with Crippen LogP contribution < -0.4 is 20.1 Å². The Hall–Kier alpha value is -3.09. The van der Waals surface area contributed by atoms with Crippen LogP contribution in [0.2, 0.25) is 0 Å². The van der Waals surface area contributed by atoms with Crippen LogP contribution in [-0.2, 0) is 6.54 Å². The standard InChI is InChI=1S/C16H16N4O3/c1-2-5-17-16-19-8-12(9-20-16)15(21)18-7-11-3-4-13-14(6-11)23-10-22-13/h2-4,6,8-9H,1,5,7,10H2,(H,18,21)(H,17,19,20). The van der Waals surface area contributed by atoms with Crippen molar-refractivity contribution < 1.29 is 14.3 Å². The van der Waals surface area contributed by atoms with Gasteiger partial charge in [0.1, 0.15) is 0 Å². The van der Waals surface area contributed by atoms with Crippen molar-refractivity contribution >= 4 is 11.9 Å². The summed E-state index contributed by atoms with van der Waals surface area (Å²) >= 11 is 0. The van der Waals surface area contributed by atoms with Gasteiger partial charge in [0, 0.05) is 25.5 Å². The summed E-state index contributed by atoms with van der Waals surface area (Å²) in [5, 5.41) is 5.76. The van der Waals surface area contributed by atoms with Crippen LogP contribution in [0.4, 0.5) is 5.95 Å². The highest BCUT2D eigenvalue weighted by Crippen LogP contribution is 2.32. The van der Waals surface area contributed by atoms with Crippen molar-refractivity contribution in [3.05, 3.63) is 54.4 Å². The molecule has 1 aliphatic heterocycles. The fraction of sp³-hybridized carbons (Fsp3) is 0.188. The Labute approximate surface area is 133 Å². The van der Waals surface area contributed by atoms with Crippen molar-refractivity contribution in [2.45, 2.75) is 6.54 Å². The molecule has 1 aromatic heterocycles. The lowest BCUT2D eigenvalue weighted by Gasteiger charge is -2.07. The van der Waals surface area contributed by atoms with Crippen molar-refractivity contribution in [1.29, 1.82) is 0 Å². The van der Waals surface area contributed by atoms with Gasteiger partial charge in [-0.3, -0.25) is 4.79 Å². The molecular formula is C16H16N4O3. The smallest absolute Gasteiger partial charge is 0.254 e. The monoisotopic (exact) mass is 312 g/mol. The number of nitrogens with zero attached hydrogens (tertiary/aromatic N) is 2. The van der Waals surface area contributed by atoms with Gasteiger partial charge in [-0.25, -0.2) is 9.97 Å². The SMILES string of the molecule is C=CCNc1ncc(C(=O)NCc2ccc3c(c2)OCO3)cn1. The largest absolute Gasteiger partial charge is 0.454 e. The van der Waals surface area contributed by atoms with Crippen LogP contribution in [0.5, 0.6) is 11.5 Å². The van der Waals surface area contributed by atoms with Gasteiger partial charge in [-0.15, -0.1) is 6.58 Å². The Morgan fingerprint density at radius 2 is 2.04 bits per heavy atom. The molecule has 1 aliphatic rings. The molecule has 1 amide bonds. The van der Waals surface area contributed by atoms with Crippen LogP contribution in [0.3, 0.4) is 0 Å². The first-order valence-corrected chi connectivity index (χ1v) is 7.10. The van der Waals surface area contributed by atoms with Gasteiger partial charge < -0.3 is 20.1 Å². The Balaban J connectivity index is 1.57. The van der Waals surface area contributed by atoms with Gasteiger partial charge in [0.25, 0.3) is 5.91 Å². The molecule has 0 saturated carbocycles. The lowest BCUT2D eigenvalue weighted by Crippen LogP contribution is -2.23. The summed E-state index contributed by atoms with van der Waals surface area (Å²) in [5.74, 6) is 1.63. The number of nitrogens with one attached hydrogen (secondary N) is 2. The topological polar surface area (TPSA) is 85.4 Å². The first-order valence-electron chi connectivity index (χ1n) is 7.10. The molecule has 0 unspecified atom stereocenters. The third-order valence-corrected chi connectivity index (χ3v) is 3.21. The van der Waals surface area contributed by atoms with E-state index >= 15 is 0 Å². The maximum absolute atomic E-state index is 12.1. The third-order valence-electron chi connectivity index (χ3n) is 3.21. The second kappa shape index (κ2) is 6.78. The summed E-state index contributed by atoms with van der Waals surface area (Å²) in [6.45, 7) is 4.77. The first kappa shape index (κ1) is 14.8. The van der Waals surface area contributed by atoms with Crippen LogP contribution in [0.25, 0.3) is 0 Å². The van der Waals surface area contributed by atoms with E-state index in [-0.39, 0.29) is 12.7 Å². The second-order valence-electron chi connectivity index (χ2n) is 4.84. The number of carbonyl (C=O) groups excluding carboxylic acids is 1. The van der Waals surface area contributed by atoms with E-state index in [1.54, 1.807) is 6.08 Å². The lowest BCUT2D eigenvalue weighted by molar-refractivity contribution is 0.0950. The van der Waals surface area contributed by atoms with E-state index in [2.05, 4.69) is 27.2 Å². The zero-order chi connectivity index (χ0) is 16.1. The molecule has 2 heterocycles. The van der Waals surface area contributed by atoms with Gasteiger partial charge in [0.15, 0.2) is 11.5 Å². The van der Waals surface area contributed by atoms with E-state index in [1.165, 1.54) is 12.4 Å². The summed E-state index contributed by atoms with van der Waals surface area (Å²) in [5.41, 5.74) is 1.32. The lowest BCUT2D eigenvalue weighted by atomic mass is 10.2. The number of ether oxygens (including phenoxy) is 2. The summed E-state index contributed by atoms with van der Waals surface area (Å²) < 4.78 is 10.6. The van der Waals surface area contributed by atoms with Crippen molar-refractivity contribution in [3.63, 3.8) is 0 Å². The van der Waals surface area contributed by atoms with Gasteiger partial charge in [-0.05, 0) is 17.7 Å². The zero-order valence-corrected chi connectivity index (χ0v) is 12.4. The zero-order valence-electron chi connectivity index (χ0n) is 12.4. The van der Waals surface area contributed by atoms with Crippen molar-refractivity contribution in [2.24, 2.45) is 0 Å². The molecule has 3 rings (SSSR count). The van der Waals surface area contributed by atoms with E-state index in [0.717, 1.165) is 11.3 Å². The highest BCUT2D eigenvalue weighted by Gasteiger charge is 2.13. The number of anilines is 1. The van der Waals surface area contributed by atoms with Gasteiger partial charge >= 0.3 is 0 Å². The van der Waals surface area contributed by atoms with E-state index in [0.29, 0.717) is 30.4 Å². The summed E-state index contributed by atoms with van der Waals surface area (Å²) in [6.07, 6.45) is 4.66. The molecule has 7 nitrogen and oxygen atoms in total. The average Bonchev–Trinajstić information content (AvgIpc) is 3.06. The maximum Gasteiger partial charge on any atom is 0.254 e. The van der Waals surface area contributed by atoms with Crippen LogP contribution in [0.15, 0.2) is 43.2 Å². The number of benzene rings is 1. The van der Waals surface area contributed by atoms with Crippen LogP contribution in [0, 0.1) is 0 Å². The van der Waals surface area contributed by atoms with Crippen LogP contribution in [0.1, 0.15) is 15.9 Å². The summed E-state index contributed by atoms with van der Waals surface area (Å²) in [4.78, 5) is 20.2. The third kappa shape index (κ3) is 3.57. The van der Waals surface area contributed by atoms with Crippen molar-refractivity contribution in [3.8, 4) is 11.5 Å². The minimum absolute atomic E-state index is 0.231. The summed E-state index contributed by atoms with van der Waals surface area (Å²) in [6, 6.07) is 5.56. The number of hydrogen-bond acceptors (Lipinski definition) is 6. The quantitative estimate of drug-likeness (QED) is 0.790. The van der Waals surface area contributed by atoms with Gasteiger partial charge in [0.2, 0.25) is 12.7 Å². The average molecular weight is 312 g/mol. The van der Waals surface area contributed by atoms with Gasteiger partial charge in [-0.2, -0.15) is 0 Å². The minimum Gasteiger partial charge on any atom is -0.454 e. The predicted molar refractivity (Wildman–Crippen MR) is 84.5 cm³/mol. The molecule has 0 radical (unpaired) electrons. The number of fused-ring (bicyclic) bond motifs is 1. The molecule has 0 spiro atoms. The molecule has 0 atom stereocenters. The fourth-order valence-corrected chi connectivity index (χ4v) is 2.04. The molecule has 0 fully saturated rings. The van der Waals surface area contributed by atoms with E-state index < -0.39 is 0 Å². The summed E-state index contributed by atoms with van der Waals surface area (Å²) in [7, 11) is 0. The number of rotatable bonds is 6. The molecule has 2 N–H and O–H groups in total. The molecule has 118 valence electrons. The van der Waals surface area contributed by atoms with Crippen LogP contribution >= 0.6 is 0 Å². The molecule has 0 saturated heterocycles. The van der Waals surface area contributed by atoms with Crippen molar-refractivity contribution in [1.82, 2.24) is 15.3 Å². The number of amides is 1. The van der Waals surface area contributed by atoms with Crippen LogP contribution in [-0.4, -0.2) is 29.2 Å². The number of aromatic nitrogens is 2. The van der Waals surface area contributed by atoms with E-state index in [9.17, 15) is 4.79 Å². The molecule has 23 heavy (non-hydrogen) atoms. The normalized spacial score (nSPS) is 11.8. The predicted octanol–water partition coefficient (Wildman–Crippen LogP) is 1.73. The maximum atomic E-state index is 12.1. The molecule has 1 aromatic carbocycles. The van der Waals surface area contributed by atoms with Gasteiger partial charge in [0.05, 0.1) is 5.56 Å². The molecular weight excluding hydrogens is 296 g/mol. The fourth-order valence-electron chi connectivity index (χ4n) is 2.04. The number of hydrogen-bond donors (Lipinski definition) is 2. The minimum atomic E-state index is -0.238. The molecule has 0 aliphatic carbocycles. The number of carbonyl (C=O) groups is 1. The highest BCUT2D eigenvalue weighted by molar-refractivity contribution is 5.93. The molecule has 2 aromatic rings. The Bertz CT molecular complexity index is 716. The molecule has 0 bridgehead atoms.